The van der Waals surface area contributed by atoms with Gasteiger partial charge in [-0.3, -0.25) is 10.2 Å². The maximum Gasteiger partial charge on any atom is 0.234 e. The zero-order chi connectivity index (χ0) is 12.3. The minimum absolute atomic E-state index is 0.163. The molecular formula is C11H14N4OS. The molecule has 1 aromatic carbocycles. The highest BCUT2D eigenvalue weighted by Crippen LogP contribution is 2.20. The van der Waals surface area contributed by atoms with E-state index in [1.807, 2.05) is 19.1 Å². The summed E-state index contributed by atoms with van der Waals surface area (Å²) in [5, 5.41) is 0.829. The van der Waals surface area contributed by atoms with Gasteiger partial charge in [0.2, 0.25) is 5.91 Å². The first kappa shape index (κ1) is 11.9. The number of nitrogens with two attached hydrogens (primary N) is 1. The van der Waals surface area contributed by atoms with Crippen LogP contribution in [-0.4, -0.2) is 21.6 Å². The Labute approximate surface area is 103 Å². The van der Waals surface area contributed by atoms with Crippen molar-refractivity contribution in [1.82, 2.24) is 15.4 Å². The third kappa shape index (κ3) is 2.98. The molecule has 5 nitrogen and oxygen atoms in total. The second-order valence-corrected chi connectivity index (χ2v) is 4.81. The Balaban J connectivity index is 2.02. The van der Waals surface area contributed by atoms with Gasteiger partial charge in [-0.15, -0.1) is 0 Å². The van der Waals surface area contributed by atoms with Crippen LogP contribution in [-0.2, 0) is 4.79 Å². The van der Waals surface area contributed by atoms with Gasteiger partial charge in [0.05, 0.1) is 11.0 Å². The number of thioether (sulfide) groups is 1. The number of hydrogen-bond acceptors (Lipinski definition) is 4. The van der Waals surface area contributed by atoms with Gasteiger partial charge in [0.25, 0.3) is 0 Å². The van der Waals surface area contributed by atoms with Crippen molar-refractivity contribution in [2.24, 2.45) is 5.84 Å². The Hall–Kier alpha value is -1.53. The topological polar surface area (TPSA) is 83.8 Å². The quantitative estimate of drug-likeness (QED) is 0.331. The lowest BCUT2D eigenvalue weighted by molar-refractivity contribution is -0.120. The average Bonchev–Trinajstić information content (AvgIpc) is 2.70. The molecule has 0 saturated carbocycles. The van der Waals surface area contributed by atoms with Crippen LogP contribution in [0.25, 0.3) is 11.0 Å². The van der Waals surface area contributed by atoms with Crippen molar-refractivity contribution in [3.05, 3.63) is 23.8 Å². The van der Waals surface area contributed by atoms with Crippen molar-refractivity contribution in [2.75, 3.05) is 5.75 Å². The molecule has 0 aliphatic rings. The summed E-state index contributed by atoms with van der Waals surface area (Å²) in [6.45, 7) is 2.04. The van der Waals surface area contributed by atoms with Crippen LogP contribution in [0.3, 0.4) is 0 Å². The van der Waals surface area contributed by atoms with Gasteiger partial charge < -0.3 is 4.98 Å². The third-order valence-corrected chi connectivity index (χ3v) is 3.22. The Morgan fingerprint density at radius 2 is 2.41 bits per heavy atom. The first-order chi connectivity index (χ1) is 8.19. The number of carbonyl (C=O) groups excluding carboxylic acids is 1. The zero-order valence-corrected chi connectivity index (χ0v) is 10.3. The van der Waals surface area contributed by atoms with Crippen molar-refractivity contribution in [3.63, 3.8) is 0 Å². The molecule has 2 rings (SSSR count). The van der Waals surface area contributed by atoms with Crippen LogP contribution in [0.2, 0.25) is 0 Å². The van der Waals surface area contributed by atoms with E-state index in [-0.39, 0.29) is 5.91 Å². The molecule has 4 N–H and O–H groups in total. The second-order valence-electron chi connectivity index (χ2n) is 3.73. The molecule has 2 aromatic rings. The Kier molecular flexibility index (Phi) is 3.65. The van der Waals surface area contributed by atoms with E-state index in [0.717, 1.165) is 16.2 Å². The largest absolute Gasteiger partial charge is 0.333 e. The van der Waals surface area contributed by atoms with Gasteiger partial charge in [-0.25, -0.2) is 10.8 Å². The van der Waals surface area contributed by atoms with Gasteiger partial charge in [-0.05, 0) is 24.6 Å². The molecule has 1 amide bonds. The summed E-state index contributed by atoms with van der Waals surface area (Å²) in [5.74, 6) is 5.49. The predicted octanol–water partition coefficient (Wildman–Crippen LogP) is 1.34. The number of benzene rings is 1. The molecule has 0 saturated heterocycles. The van der Waals surface area contributed by atoms with E-state index in [2.05, 4.69) is 21.5 Å². The Morgan fingerprint density at radius 3 is 3.18 bits per heavy atom. The lowest BCUT2D eigenvalue weighted by Crippen LogP contribution is -2.30. The zero-order valence-electron chi connectivity index (χ0n) is 9.49. The van der Waals surface area contributed by atoms with Crippen LogP contribution in [0.15, 0.2) is 23.4 Å². The van der Waals surface area contributed by atoms with Gasteiger partial charge in [0, 0.05) is 12.2 Å². The number of aromatic nitrogens is 2. The summed E-state index contributed by atoms with van der Waals surface area (Å²) in [5.41, 5.74) is 5.27. The summed E-state index contributed by atoms with van der Waals surface area (Å²) in [6.07, 6.45) is 0.386. The Morgan fingerprint density at radius 1 is 1.59 bits per heavy atom. The fourth-order valence-corrected chi connectivity index (χ4v) is 2.31. The third-order valence-electron chi connectivity index (χ3n) is 2.34. The van der Waals surface area contributed by atoms with Gasteiger partial charge >= 0.3 is 0 Å². The molecule has 90 valence electrons. The van der Waals surface area contributed by atoms with Crippen LogP contribution in [0.1, 0.15) is 12.0 Å². The summed E-state index contributed by atoms with van der Waals surface area (Å²) in [6, 6.07) is 6.07. The summed E-state index contributed by atoms with van der Waals surface area (Å²) in [7, 11) is 0. The van der Waals surface area contributed by atoms with E-state index in [1.165, 1.54) is 17.3 Å². The molecule has 0 radical (unpaired) electrons. The molecule has 17 heavy (non-hydrogen) atoms. The number of nitrogens with one attached hydrogen (secondary N) is 2. The maximum absolute atomic E-state index is 10.9. The molecule has 0 unspecified atom stereocenters. The highest BCUT2D eigenvalue weighted by molar-refractivity contribution is 7.99. The van der Waals surface area contributed by atoms with Crippen LogP contribution in [0.4, 0.5) is 0 Å². The highest BCUT2D eigenvalue weighted by Gasteiger charge is 2.04. The molecule has 0 bridgehead atoms. The van der Waals surface area contributed by atoms with E-state index in [9.17, 15) is 4.79 Å². The number of rotatable bonds is 4. The number of hydrogen-bond donors (Lipinski definition) is 3. The van der Waals surface area contributed by atoms with E-state index >= 15 is 0 Å². The van der Waals surface area contributed by atoms with Gasteiger partial charge in [0.1, 0.15) is 0 Å². The van der Waals surface area contributed by atoms with Gasteiger partial charge in [-0.2, -0.15) is 0 Å². The number of hydrazine groups is 1. The fraction of sp³-hybridized carbons (Fsp3) is 0.273. The van der Waals surface area contributed by atoms with Crippen LogP contribution < -0.4 is 11.3 Å². The highest BCUT2D eigenvalue weighted by atomic mass is 32.2. The number of imidazole rings is 1. The van der Waals surface area contributed by atoms with Crippen molar-refractivity contribution in [2.45, 2.75) is 18.5 Å². The molecule has 1 heterocycles. The van der Waals surface area contributed by atoms with Crippen LogP contribution >= 0.6 is 11.8 Å². The number of H-pyrrole nitrogens is 1. The molecule has 0 atom stereocenters. The molecule has 0 spiro atoms. The summed E-state index contributed by atoms with van der Waals surface area (Å²) in [4.78, 5) is 18.6. The van der Waals surface area contributed by atoms with Crippen LogP contribution in [0.5, 0.6) is 0 Å². The molecule has 0 aliphatic heterocycles. The standard InChI is InChI=1S/C11H14N4OS/c1-7-2-3-8-9(6-7)14-11(13-8)17-5-4-10(16)15-12/h2-3,6H,4-5,12H2,1H3,(H,13,14)(H,15,16). The normalized spacial score (nSPS) is 10.7. The molecule has 6 heteroatoms. The summed E-state index contributed by atoms with van der Waals surface area (Å²) < 4.78 is 0. The summed E-state index contributed by atoms with van der Waals surface area (Å²) >= 11 is 1.51. The van der Waals surface area contributed by atoms with E-state index in [1.54, 1.807) is 0 Å². The second kappa shape index (κ2) is 5.20. The van der Waals surface area contributed by atoms with Crippen molar-refractivity contribution in [1.29, 1.82) is 0 Å². The first-order valence-electron chi connectivity index (χ1n) is 5.27. The van der Waals surface area contributed by atoms with Gasteiger partial charge in [0.15, 0.2) is 5.16 Å². The molecule has 0 fully saturated rings. The lowest BCUT2D eigenvalue weighted by atomic mass is 10.2. The van der Waals surface area contributed by atoms with E-state index in [0.29, 0.717) is 12.2 Å². The van der Waals surface area contributed by atoms with E-state index < -0.39 is 0 Å². The van der Waals surface area contributed by atoms with Crippen LogP contribution in [0, 0.1) is 6.92 Å². The van der Waals surface area contributed by atoms with Crippen molar-refractivity contribution in [3.8, 4) is 0 Å². The number of nitrogens with zero attached hydrogens (tertiary/aromatic N) is 1. The van der Waals surface area contributed by atoms with E-state index in [4.69, 9.17) is 5.84 Å². The van der Waals surface area contributed by atoms with Crippen molar-refractivity contribution < 1.29 is 4.79 Å². The number of aromatic amines is 1. The Bertz CT molecular complexity index is 537. The molecule has 1 aromatic heterocycles. The molecule has 0 aliphatic carbocycles. The number of amides is 1. The smallest absolute Gasteiger partial charge is 0.234 e. The minimum Gasteiger partial charge on any atom is -0.333 e. The van der Waals surface area contributed by atoms with Gasteiger partial charge in [-0.1, -0.05) is 17.8 Å². The first-order valence-corrected chi connectivity index (χ1v) is 6.26. The number of carbonyl (C=O) groups is 1. The number of fused-ring (bicyclic) bond motifs is 1. The lowest BCUT2D eigenvalue weighted by Gasteiger charge is -1.97. The molecular weight excluding hydrogens is 236 g/mol. The fourth-order valence-electron chi connectivity index (χ4n) is 1.48. The average molecular weight is 250 g/mol. The predicted molar refractivity (Wildman–Crippen MR) is 68.5 cm³/mol. The monoisotopic (exact) mass is 250 g/mol. The maximum atomic E-state index is 10.9. The number of aryl methyl sites for hydroxylation is 1. The SMILES string of the molecule is Cc1ccc2nc(SCCC(=O)NN)[nH]c2c1. The minimum atomic E-state index is -0.163. The van der Waals surface area contributed by atoms with Crippen molar-refractivity contribution >= 4 is 28.7 Å².